The van der Waals surface area contributed by atoms with Crippen LogP contribution in [-0.2, 0) is 27.2 Å². The molecule has 0 bridgehead atoms. The lowest BCUT2D eigenvalue weighted by Gasteiger charge is -2.31. The second-order valence-electron chi connectivity index (χ2n) is 7.11. The minimum Gasteiger partial charge on any atom is -0.462 e. The van der Waals surface area contributed by atoms with Gasteiger partial charge in [-0.05, 0) is 49.1 Å². The summed E-state index contributed by atoms with van der Waals surface area (Å²) >= 11 is 0. The van der Waals surface area contributed by atoms with Gasteiger partial charge in [-0.15, -0.1) is 0 Å². The Bertz CT molecular complexity index is 590. The molecule has 130 valence electrons. The van der Waals surface area contributed by atoms with E-state index < -0.39 is 0 Å². The number of benzene rings is 1. The smallest absolute Gasteiger partial charge is 0.306 e. The van der Waals surface area contributed by atoms with Gasteiger partial charge in [-0.2, -0.15) is 0 Å². The number of carbonyl (C=O) groups excluding carboxylic acids is 2. The highest BCUT2D eigenvalue weighted by atomic mass is 16.5. The second kappa shape index (κ2) is 7.82. The molecular formula is C20H27NO3. The summed E-state index contributed by atoms with van der Waals surface area (Å²) in [6, 6.07) is 8.43. The van der Waals surface area contributed by atoms with Crippen LogP contribution in [0.1, 0.15) is 50.2 Å². The molecule has 1 fully saturated rings. The van der Waals surface area contributed by atoms with Crippen LogP contribution in [0.3, 0.4) is 0 Å². The van der Waals surface area contributed by atoms with Gasteiger partial charge < -0.3 is 9.64 Å². The first-order valence-corrected chi connectivity index (χ1v) is 9.13. The van der Waals surface area contributed by atoms with Crippen LogP contribution in [0.5, 0.6) is 0 Å². The van der Waals surface area contributed by atoms with Crippen LogP contribution in [0.4, 0.5) is 0 Å². The van der Waals surface area contributed by atoms with Gasteiger partial charge in [0.1, 0.15) is 6.10 Å². The van der Waals surface area contributed by atoms with Crippen molar-refractivity contribution >= 4 is 11.9 Å². The lowest BCUT2D eigenvalue weighted by molar-refractivity contribution is -0.150. The molecule has 4 nitrogen and oxygen atoms in total. The summed E-state index contributed by atoms with van der Waals surface area (Å²) in [6.07, 6.45) is 6.20. The van der Waals surface area contributed by atoms with Crippen molar-refractivity contribution in [1.29, 1.82) is 0 Å². The van der Waals surface area contributed by atoms with Crippen LogP contribution in [-0.4, -0.2) is 36.0 Å². The number of carbonyl (C=O) groups is 2. The van der Waals surface area contributed by atoms with E-state index in [1.165, 1.54) is 11.1 Å². The molecule has 2 aliphatic rings. The summed E-state index contributed by atoms with van der Waals surface area (Å²) < 4.78 is 5.70. The van der Waals surface area contributed by atoms with E-state index in [0.29, 0.717) is 12.3 Å². The fraction of sp³-hybridized carbons (Fsp3) is 0.600. The van der Waals surface area contributed by atoms with Gasteiger partial charge in [0.15, 0.2) is 0 Å². The monoisotopic (exact) mass is 329 g/mol. The fourth-order valence-corrected chi connectivity index (χ4v) is 3.87. The minimum atomic E-state index is -0.0617. The number of ether oxygens (including phenoxy) is 1. The van der Waals surface area contributed by atoms with Crippen LogP contribution in [0.2, 0.25) is 0 Å². The summed E-state index contributed by atoms with van der Waals surface area (Å²) in [5, 5.41) is 0. The van der Waals surface area contributed by atoms with Gasteiger partial charge in [-0.1, -0.05) is 24.3 Å². The zero-order chi connectivity index (χ0) is 16.9. The molecule has 1 aliphatic heterocycles. The van der Waals surface area contributed by atoms with Crippen molar-refractivity contribution in [1.82, 2.24) is 4.90 Å². The number of aryl methyl sites for hydroxylation is 1. The average Bonchev–Trinajstić information content (AvgIpc) is 2.60. The number of piperidine rings is 1. The van der Waals surface area contributed by atoms with Crippen molar-refractivity contribution in [3.8, 4) is 0 Å². The SMILES string of the molecule is CC(=O)N1CCC(CCC(=O)O[C@@H]2CCc3ccccc3C2)CC1. The Labute approximate surface area is 144 Å². The van der Waals surface area contributed by atoms with Crippen molar-refractivity contribution in [2.24, 2.45) is 5.92 Å². The van der Waals surface area contributed by atoms with Gasteiger partial charge >= 0.3 is 5.97 Å². The molecule has 1 saturated heterocycles. The largest absolute Gasteiger partial charge is 0.462 e. The number of esters is 1. The summed E-state index contributed by atoms with van der Waals surface area (Å²) in [5.74, 6) is 0.638. The molecule has 0 saturated carbocycles. The van der Waals surface area contributed by atoms with E-state index in [-0.39, 0.29) is 18.0 Å². The van der Waals surface area contributed by atoms with Gasteiger partial charge in [-0.25, -0.2) is 0 Å². The molecule has 1 heterocycles. The van der Waals surface area contributed by atoms with Gasteiger partial charge in [0.25, 0.3) is 0 Å². The lowest BCUT2D eigenvalue weighted by atomic mass is 9.89. The standard InChI is InChI=1S/C20H27NO3/c1-15(22)21-12-10-16(11-13-21)6-9-20(23)24-19-8-7-17-4-2-3-5-18(17)14-19/h2-5,16,19H,6-14H2,1H3/t19-/m1/s1. The molecule has 1 aromatic rings. The Morgan fingerprint density at radius 3 is 2.54 bits per heavy atom. The first-order valence-electron chi connectivity index (χ1n) is 9.13. The maximum Gasteiger partial charge on any atom is 0.306 e. The highest BCUT2D eigenvalue weighted by Gasteiger charge is 2.24. The number of amides is 1. The Kier molecular flexibility index (Phi) is 5.54. The number of nitrogens with zero attached hydrogens (tertiary/aromatic N) is 1. The normalized spacial score (nSPS) is 21.2. The third-order valence-electron chi connectivity index (χ3n) is 5.42. The molecule has 0 spiro atoms. The molecule has 1 aromatic carbocycles. The van der Waals surface area contributed by atoms with Crippen molar-refractivity contribution < 1.29 is 14.3 Å². The van der Waals surface area contributed by atoms with E-state index in [2.05, 4.69) is 24.3 Å². The van der Waals surface area contributed by atoms with E-state index in [4.69, 9.17) is 4.74 Å². The van der Waals surface area contributed by atoms with Crippen LogP contribution in [0, 0.1) is 5.92 Å². The number of fused-ring (bicyclic) bond motifs is 1. The van der Waals surface area contributed by atoms with Crippen LogP contribution in [0.25, 0.3) is 0 Å². The van der Waals surface area contributed by atoms with E-state index in [1.807, 2.05) is 4.90 Å². The molecule has 3 rings (SSSR count). The maximum absolute atomic E-state index is 12.2. The molecule has 24 heavy (non-hydrogen) atoms. The zero-order valence-electron chi connectivity index (χ0n) is 14.5. The minimum absolute atomic E-state index is 0.0342. The molecular weight excluding hydrogens is 302 g/mol. The highest BCUT2D eigenvalue weighted by Crippen LogP contribution is 2.25. The lowest BCUT2D eigenvalue weighted by Crippen LogP contribution is -2.37. The van der Waals surface area contributed by atoms with Gasteiger partial charge in [0.2, 0.25) is 5.91 Å². The molecule has 4 heteroatoms. The molecule has 1 aliphatic carbocycles. The molecule has 0 N–H and O–H groups in total. The number of likely N-dealkylation sites (tertiary alicyclic amines) is 1. The Balaban J connectivity index is 1.39. The first-order chi connectivity index (χ1) is 11.6. The topological polar surface area (TPSA) is 46.6 Å². The van der Waals surface area contributed by atoms with Crippen molar-refractivity contribution in [3.63, 3.8) is 0 Å². The molecule has 0 aromatic heterocycles. The Hall–Kier alpha value is -1.84. The van der Waals surface area contributed by atoms with Crippen molar-refractivity contribution in [2.75, 3.05) is 13.1 Å². The zero-order valence-corrected chi connectivity index (χ0v) is 14.5. The van der Waals surface area contributed by atoms with Gasteiger partial charge in [-0.3, -0.25) is 9.59 Å². The molecule has 0 radical (unpaired) electrons. The number of rotatable bonds is 4. The summed E-state index contributed by atoms with van der Waals surface area (Å²) in [6.45, 7) is 3.28. The fourth-order valence-electron chi connectivity index (χ4n) is 3.87. The second-order valence-corrected chi connectivity index (χ2v) is 7.11. The van der Waals surface area contributed by atoms with E-state index in [9.17, 15) is 9.59 Å². The average molecular weight is 329 g/mol. The Morgan fingerprint density at radius 2 is 1.83 bits per heavy atom. The van der Waals surface area contributed by atoms with E-state index >= 15 is 0 Å². The molecule has 1 amide bonds. The first kappa shape index (κ1) is 17.0. The van der Waals surface area contributed by atoms with Crippen LogP contribution in [0.15, 0.2) is 24.3 Å². The maximum atomic E-state index is 12.2. The Morgan fingerprint density at radius 1 is 1.12 bits per heavy atom. The van der Waals surface area contributed by atoms with Gasteiger partial charge in [0.05, 0.1) is 0 Å². The predicted molar refractivity (Wildman–Crippen MR) is 92.6 cm³/mol. The summed E-state index contributed by atoms with van der Waals surface area (Å²) in [7, 11) is 0. The molecule has 1 atom stereocenters. The van der Waals surface area contributed by atoms with Gasteiger partial charge in [0, 0.05) is 32.9 Å². The van der Waals surface area contributed by atoms with E-state index in [0.717, 1.165) is 51.6 Å². The summed E-state index contributed by atoms with van der Waals surface area (Å²) in [5.41, 5.74) is 2.71. The quantitative estimate of drug-likeness (QED) is 0.797. The molecule has 0 unspecified atom stereocenters. The van der Waals surface area contributed by atoms with Crippen molar-refractivity contribution in [3.05, 3.63) is 35.4 Å². The van der Waals surface area contributed by atoms with Crippen LogP contribution >= 0.6 is 0 Å². The highest BCUT2D eigenvalue weighted by molar-refractivity contribution is 5.73. The van der Waals surface area contributed by atoms with E-state index in [1.54, 1.807) is 6.92 Å². The predicted octanol–water partition coefficient (Wildman–Crippen LogP) is 3.13. The summed E-state index contributed by atoms with van der Waals surface area (Å²) in [4.78, 5) is 25.4. The van der Waals surface area contributed by atoms with Crippen LogP contribution < -0.4 is 0 Å². The number of hydrogen-bond donors (Lipinski definition) is 0. The van der Waals surface area contributed by atoms with Crippen molar-refractivity contribution in [2.45, 2.75) is 58.0 Å². The third kappa shape index (κ3) is 4.37. The third-order valence-corrected chi connectivity index (χ3v) is 5.42. The number of hydrogen-bond acceptors (Lipinski definition) is 3.